The molecule has 2 atom stereocenters. The summed E-state index contributed by atoms with van der Waals surface area (Å²) in [6.07, 6.45) is 1.06. The quantitative estimate of drug-likeness (QED) is 0.583. The van der Waals surface area contributed by atoms with Crippen LogP contribution >= 0.6 is 0 Å². The number of amides is 2. The Bertz CT molecular complexity index is 172. The number of hydrogen-bond acceptors (Lipinski definition) is 2. The molecule has 1 rings (SSSR count). The zero-order chi connectivity index (χ0) is 9.14. The number of nitrogens with one attached hydrogen (secondary N) is 1. The molecule has 4 heteroatoms. The largest absolute Gasteiger partial charge is 0.341 e. The van der Waals surface area contributed by atoms with Gasteiger partial charge in [-0.2, -0.15) is 0 Å². The molecule has 0 saturated carbocycles. The van der Waals surface area contributed by atoms with Crippen LogP contribution in [0.2, 0.25) is 0 Å². The molecule has 0 aromatic heterocycles. The third-order valence-corrected chi connectivity index (χ3v) is 2.60. The smallest absolute Gasteiger partial charge is 0.317 e. The molecule has 3 N–H and O–H groups in total. The van der Waals surface area contributed by atoms with Gasteiger partial charge in [0.2, 0.25) is 0 Å². The van der Waals surface area contributed by atoms with E-state index in [4.69, 9.17) is 5.73 Å². The lowest BCUT2D eigenvalue weighted by atomic mass is 10.0. The predicted octanol–water partition coefficient (Wildman–Crippen LogP) is -0.00510. The highest BCUT2D eigenvalue weighted by Gasteiger charge is 2.32. The van der Waals surface area contributed by atoms with Gasteiger partial charge in [-0.1, -0.05) is 6.92 Å². The molecule has 0 aromatic rings. The van der Waals surface area contributed by atoms with Gasteiger partial charge in [0.15, 0.2) is 0 Å². The normalized spacial score (nSPS) is 29.1. The minimum atomic E-state index is -0.00481. The molecule has 0 spiro atoms. The highest BCUT2D eigenvalue weighted by Crippen LogP contribution is 2.22. The van der Waals surface area contributed by atoms with E-state index in [1.807, 2.05) is 4.90 Å². The van der Waals surface area contributed by atoms with Gasteiger partial charge in [-0.05, 0) is 12.3 Å². The van der Waals surface area contributed by atoms with E-state index in [1.54, 1.807) is 7.05 Å². The second-order valence-electron chi connectivity index (χ2n) is 3.32. The van der Waals surface area contributed by atoms with E-state index < -0.39 is 0 Å². The van der Waals surface area contributed by atoms with Crippen molar-refractivity contribution in [1.82, 2.24) is 10.2 Å². The minimum absolute atomic E-state index is 0.00481. The monoisotopic (exact) mass is 171 g/mol. The van der Waals surface area contributed by atoms with Crippen molar-refractivity contribution in [3.63, 3.8) is 0 Å². The van der Waals surface area contributed by atoms with Crippen LogP contribution in [0.25, 0.3) is 0 Å². The van der Waals surface area contributed by atoms with Gasteiger partial charge in [-0.3, -0.25) is 0 Å². The molecule has 4 nitrogen and oxygen atoms in total. The van der Waals surface area contributed by atoms with Crippen molar-refractivity contribution in [3.05, 3.63) is 0 Å². The van der Waals surface area contributed by atoms with Crippen molar-refractivity contribution in [2.75, 3.05) is 20.1 Å². The van der Waals surface area contributed by atoms with Crippen molar-refractivity contribution < 1.29 is 4.79 Å². The van der Waals surface area contributed by atoms with E-state index in [9.17, 15) is 4.79 Å². The summed E-state index contributed by atoms with van der Waals surface area (Å²) in [7, 11) is 1.65. The molecule has 0 aromatic carbocycles. The first-order valence-electron chi connectivity index (χ1n) is 4.39. The molecule has 1 aliphatic heterocycles. The number of nitrogens with zero attached hydrogens (tertiary/aromatic N) is 1. The van der Waals surface area contributed by atoms with Crippen LogP contribution < -0.4 is 11.1 Å². The van der Waals surface area contributed by atoms with Gasteiger partial charge in [0.05, 0.1) is 0 Å². The van der Waals surface area contributed by atoms with Crippen LogP contribution in [-0.4, -0.2) is 37.1 Å². The van der Waals surface area contributed by atoms with Crippen molar-refractivity contribution in [2.45, 2.75) is 19.4 Å². The van der Waals surface area contributed by atoms with Crippen LogP contribution in [0.15, 0.2) is 0 Å². The number of likely N-dealkylation sites (tertiary alicyclic amines) is 1. The van der Waals surface area contributed by atoms with E-state index in [0.717, 1.165) is 13.0 Å². The fourth-order valence-corrected chi connectivity index (χ4v) is 1.76. The Morgan fingerprint density at radius 2 is 2.42 bits per heavy atom. The third-order valence-electron chi connectivity index (χ3n) is 2.60. The summed E-state index contributed by atoms with van der Waals surface area (Å²) in [5, 5.41) is 2.62. The molecule has 2 amide bonds. The topological polar surface area (TPSA) is 58.4 Å². The standard InChI is InChI=1S/C8H17N3O/c1-6-3-4-11(7(6)5-9)8(12)10-2/h6-7H,3-5,9H2,1-2H3,(H,10,12). The second-order valence-corrected chi connectivity index (χ2v) is 3.32. The molecule has 0 radical (unpaired) electrons. The fraction of sp³-hybridized carbons (Fsp3) is 0.875. The SMILES string of the molecule is CNC(=O)N1CCC(C)C1CN. The number of hydrogen-bond donors (Lipinski definition) is 2. The molecule has 1 heterocycles. The minimum Gasteiger partial charge on any atom is -0.341 e. The molecule has 12 heavy (non-hydrogen) atoms. The van der Waals surface area contributed by atoms with Crippen LogP contribution in [0.5, 0.6) is 0 Å². The Balaban J connectivity index is 2.60. The lowest BCUT2D eigenvalue weighted by Crippen LogP contribution is -2.46. The lowest BCUT2D eigenvalue weighted by Gasteiger charge is -2.24. The number of carbonyl (C=O) groups is 1. The Labute approximate surface area is 73.1 Å². The van der Waals surface area contributed by atoms with Crippen molar-refractivity contribution in [1.29, 1.82) is 0 Å². The summed E-state index contributed by atoms with van der Waals surface area (Å²) in [5.74, 6) is 0.535. The lowest BCUT2D eigenvalue weighted by molar-refractivity contribution is 0.191. The van der Waals surface area contributed by atoms with E-state index in [0.29, 0.717) is 12.5 Å². The van der Waals surface area contributed by atoms with Gasteiger partial charge in [0, 0.05) is 26.2 Å². The summed E-state index contributed by atoms with van der Waals surface area (Å²) in [6.45, 7) is 3.54. The maximum absolute atomic E-state index is 11.3. The maximum Gasteiger partial charge on any atom is 0.317 e. The predicted molar refractivity (Wildman–Crippen MR) is 47.8 cm³/mol. The van der Waals surface area contributed by atoms with E-state index in [-0.39, 0.29) is 12.1 Å². The van der Waals surface area contributed by atoms with Gasteiger partial charge in [0.1, 0.15) is 0 Å². The molecule has 70 valence electrons. The average Bonchev–Trinajstić information content (AvgIpc) is 2.45. The molecule has 1 aliphatic rings. The number of urea groups is 1. The van der Waals surface area contributed by atoms with Crippen molar-refractivity contribution >= 4 is 6.03 Å². The molecule has 1 fully saturated rings. The van der Waals surface area contributed by atoms with Crippen LogP contribution in [0.4, 0.5) is 4.79 Å². The van der Waals surface area contributed by atoms with Crippen LogP contribution in [0, 0.1) is 5.92 Å². The van der Waals surface area contributed by atoms with E-state index in [1.165, 1.54) is 0 Å². The summed E-state index contributed by atoms with van der Waals surface area (Å²) in [4.78, 5) is 13.1. The molecule has 1 saturated heterocycles. The zero-order valence-corrected chi connectivity index (χ0v) is 7.71. The number of nitrogens with two attached hydrogens (primary N) is 1. The first kappa shape index (κ1) is 9.32. The summed E-state index contributed by atoms with van der Waals surface area (Å²) in [6, 6.07) is 0.222. The molecular formula is C8H17N3O. The Morgan fingerprint density at radius 3 is 2.92 bits per heavy atom. The van der Waals surface area contributed by atoms with Gasteiger partial charge in [0.25, 0.3) is 0 Å². The fourth-order valence-electron chi connectivity index (χ4n) is 1.76. The highest BCUT2D eigenvalue weighted by molar-refractivity contribution is 5.74. The van der Waals surface area contributed by atoms with Gasteiger partial charge >= 0.3 is 6.03 Å². The van der Waals surface area contributed by atoms with Crippen LogP contribution in [0.1, 0.15) is 13.3 Å². The highest BCUT2D eigenvalue weighted by atomic mass is 16.2. The average molecular weight is 171 g/mol. The van der Waals surface area contributed by atoms with E-state index in [2.05, 4.69) is 12.2 Å². The Morgan fingerprint density at radius 1 is 1.75 bits per heavy atom. The second kappa shape index (κ2) is 3.76. The third kappa shape index (κ3) is 1.53. The first-order valence-corrected chi connectivity index (χ1v) is 4.39. The zero-order valence-electron chi connectivity index (χ0n) is 7.71. The van der Waals surface area contributed by atoms with Crippen LogP contribution in [0.3, 0.4) is 0 Å². The Kier molecular flexibility index (Phi) is 2.92. The summed E-state index contributed by atoms with van der Waals surface area (Å²) < 4.78 is 0. The van der Waals surface area contributed by atoms with Crippen molar-refractivity contribution in [3.8, 4) is 0 Å². The van der Waals surface area contributed by atoms with Gasteiger partial charge < -0.3 is 16.0 Å². The molecular weight excluding hydrogens is 154 g/mol. The van der Waals surface area contributed by atoms with Gasteiger partial charge in [-0.25, -0.2) is 4.79 Å². The van der Waals surface area contributed by atoms with Crippen molar-refractivity contribution in [2.24, 2.45) is 11.7 Å². The Hall–Kier alpha value is -0.770. The first-order chi connectivity index (χ1) is 5.70. The molecule has 0 aliphatic carbocycles. The van der Waals surface area contributed by atoms with Crippen LogP contribution in [-0.2, 0) is 0 Å². The summed E-state index contributed by atoms with van der Waals surface area (Å²) in [5.41, 5.74) is 5.59. The maximum atomic E-state index is 11.3. The number of carbonyl (C=O) groups excluding carboxylic acids is 1. The van der Waals surface area contributed by atoms with Gasteiger partial charge in [-0.15, -0.1) is 0 Å². The number of rotatable bonds is 1. The van der Waals surface area contributed by atoms with E-state index >= 15 is 0 Å². The molecule has 2 unspecified atom stereocenters. The molecule has 0 bridgehead atoms. The summed E-state index contributed by atoms with van der Waals surface area (Å²) >= 11 is 0.